The molecule has 40 heavy (non-hydrogen) atoms. The van der Waals surface area contributed by atoms with Gasteiger partial charge in [-0.1, -0.05) is 54.9 Å². The molecular formula is C32H44ClN3O4. The fraction of sp³-hybridized carbons (Fsp3) is 0.562. The van der Waals surface area contributed by atoms with E-state index in [2.05, 4.69) is 24.4 Å². The van der Waals surface area contributed by atoms with Gasteiger partial charge in [0.2, 0.25) is 5.91 Å². The Balaban J connectivity index is 1.66. The lowest BCUT2D eigenvalue weighted by Gasteiger charge is -2.44. The van der Waals surface area contributed by atoms with Crippen LogP contribution in [0, 0.1) is 17.8 Å². The Bertz CT molecular complexity index is 1170. The maximum Gasteiger partial charge on any atom is 0.404 e. The maximum absolute atomic E-state index is 13.6. The Morgan fingerprint density at radius 2 is 1.88 bits per heavy atom. The van der Waals surface area contributed by atoms with Gasteiger partial charge in [0.25, 0.3) is 0 Å². The van der Waals surface area contributed by atoms with Crippen molar-refractivity contribution in [3.05, 3.63) is 58.6 Å². The van der Waals surface area contributed by atoms with Gasteiger partial charge in [-0.05, 0) is 93.0 Å². The number of likely N-dealkylation sites (tertiary alicyclic amines) is 1. The number of hydrogen-bond acceptors (Lipinski definition) is 4. The number of aliphatic hydroxyl groups is 1. The van der Waals surface area contributed by atoms with Gasteiger partial charge in [0.05, 0.1) is 5.60 Å². The fourth-order valence-electron chi connectivity index (χ4n) is 6.71. The highest BCUT2D eigenvalue weighted by atomic mass is 35.5. The van der Waals surface area contributed by atoms with Crippen LogP contribution >= 0.6 is 11.6 Å². The van der Waals surface area contributed by atoms with E-state index >= 15 is 0 Å². The lowest BCUT2D eigenvalue weighted by Crippen LogP contribution is -2.50. The summed E-state index contributed by atoms with van der Waals surface area (Å²) in [6, 6.07) is 13.9. The standard InChI is InChI=1S/C32H44ClN3O4/c1-2-22-7-3-8-25(19-22)29-27(10-4-11-28(29)33)32(40,16-6-17-35-31(38)39)26-9-5-18-36(21-26)30(37)24-14-12-23(20-34)13-15-24/h3-4,7-8,10-11,19,23-24,26,35,40H,2,5-6,9,12-18,20-21,34H2,1H3,(H,38,39)/t23?,24?,26-,32+/m1/s1. The number of carbonyl (C=O) groups is 2. The maximum atomic E-state index is 13.6. The Labute approximate surface area is 243 Å². The van der Waals surface area contributed by atoms with Crippen molar-refractivity contribution in [1.29, 1.82) is 0 Å². The Morgan fingerprint density at radius 1 is 1.12 bits per heavy atom. The summed E-state index contributed by atoms with van der Waals surface area (Å²) in [5.74, 6) is 0.516. The number of carboxylic acid groups (broad SMARTS) is 1. The molecule has 2 aliphatic rings. The van der Waals surface area contributed by atoms with Crippen LogP contribution in [0.2, 0.25) is 5.02 Å². The molecule has 0 unspecified atom stereocenters. The van der Waals surface area contributed by atoms with E-state index in [1.807, 2.05) is 35.2 Å². The monoisotopic (exact) mass is 569 g/mol. The minimum atomic E-state index is -1.29. The second kappa shape index (κ2) is 13.8. The lowest BCUT2D eigenvalue weighted by molar-refractivity contribution is -0.142. The van der Waals surface area contributed by atoms with Crippen LogP contribution in [-0.2, 0) is 16.8 Å². The van der Waals surface area contributed by atoms with Crippen LogP contribution in [0.3, 0.4) is 0 Å². The first kappa shape index (κ1) is 30.4. The third-order valence-electron chi connectivity index (χ3n) is 9.05. The fourth-order valence-corrected chi connectivity index (χ4v) is 6.99. The van der Waals surface area contributed by atoms with Crippen molar-refractivity contribution in [2.24, 2.45) is 23.5 Å². The van der Waals surface area contributed by atoms with Crippen molar-refractivity contribution in [3.63, 3.8) is 0 Å². The summed E-state index contributed by atoms with van der Waals surface area (Å²) in [5.41, 5.74) is 8.24. The van der Waals surface area contributed by atoms with E-state index in [-0.39, 0.29) is 24.3 Å². The van der Waals surface area contributed by atoms with Gasteiger partial charge in [0.15, 0.2) is 0 Å². The van der Waals surface area contributed by atoms with Crippen LogP contribution in [0.4, 0.5) is 4.79 Å². The second-order valence-electron chi connectivity index (χ2n) is 11.6. The summed E-state index contributed by atoms with van der Waals surface area (Å²) in [7, 11) is 0. The normalized spacial score (nSPS) is 22.9. The van der Waals surface area contributed by atoms with Crippen molar-refractivity contribution in [1.82, 2.24) is 10.2 Å². The molecule has 218 valence electrons. The summed E-state index contributed by atoms with van der Waals surface area (Å²) in [6.07, 6.45) is 5.92. The molecule has 0 spiro atoms. The first-order valence-corrected chi connectivity index (χ1v) is 15.2. The molecule has 2 aromatic carbocycles. The van der Waals surface area contributed by atoms with Gasteiger partial charge in [0.1, 0.15) is 0 Å². The van der Waals surface area contributed by atoms with E-state index < -0.39 is 11.7 Å². The van der Waals surface area contributed by atoms with Crippen molar-refractivity contribution in [2.45, 2.75) is 70.3 Å². The van der Waals surface area contributed by atoms with Crippen LogP contribution in [0.25, 0.3) is 11.1 Å². The zero-order chi connectivity index (χ0) is 28.7. The number of piperidine rings is 1. The highest BCUT2D eigenvalue weighted by molar-refractivity contribution is 6.33. The molecule has 1 saturated heterocycles. The van der Waals surface area contributed by atoms with E-state index in [0.29, 0.717) is 43.4 Å². The zero-order valence-electron chi connectivity index (χ0n) is 23.6. The summed E-state index contributed by atoms with van der Waals surface area (Å²) >= 11 is 6.84. The molecule has 1 saturated carbocycles. The molecule has 0 aromatic heterocycles. The molecule has 0 radical (unpaired) electrons. The number of carbonyl (C=O) groups excluding carboxylic acids is 1. The molecule has 7 nitrogen and oxygen atoms in total. The molecule has 5 N–H and O–H groups in total. The molecule has 2 amide bonds. The zero-order valence-corrected chi connectivity index (χ0v) is 24.3. The number of amides is 2. The second-order valence-corrected chi connectivity index (χ2v) is 12.0. The van der Waals surface area contributed by atoms with Crippen molar-refractivity contribution < 1.29 is 19.8 Å². The molecule has 4 rings (SSSR count). The highest BCUT2D eigenvalue weighted by Crippen LogP contribution is 2.46. The number of nitrogens with two attached hydrogens (primary N) is 1. The lowest BCUT2D eigenvalue weighted by atomic mass is 9.71. The molecule has 2 fully saturated rings. The molecule has 2 aromatic rings. The largest absolute Gasteiger partial charge is 0.465 e. The summed E-state index contributed by atoms with van der Waals surface area (Å²) in [4.78, 5) is 26.7. The van der Waals surface area contributed by atoms with E-state index in [1.165, 1.54) is 5.56 Å². The first-order valence-electron chi connectivity index (χ1n) is 14.8. The predicted octanol–water partition coefficient (Wildman–Crippen LogP) is 5.81. The summed E-state index contributed by atoms with van der Waals surface area (Å²) < 4.78 is 0. The molecule has 2 atom stereocenters. The van der Waals surface area contributed by atoms with Crippen molar-refractivity contribution in [2.75, 3.05) is 26.2 Å². The van der Waals surface area contributed by atoms with Gasteiger partial charge in [-0.25, -0.2) is 4.79 Å². The van der Waals surface area contributed by atoms with Crippen LogP contribution in [0.1, 0.15) is 69.4 Å². The van der Waals surface area contributed by atoms with Crippen LogP contribution in [-0.4, -0.2) is 53.3 Å². The summed E-state index contributed by atoms with van der Waals surface area (Å²) in [5, 5.41) is 24.7. The van der Waals surface area contributed by atoms with E-state index in [0.717, 1.165) is 61.6 Å². The molecule has 0 bridgehead atoms. The van der Waals surface area contributed by atoms with Crippen LogP contribution in [0.5, 0.6) is 0 Å². The first-order chi connectivity index (χ1) is 19.3. The summed E-state index contributed by atoms with van der Waals surface area (Å²) in [6.45, 7) is 4.19. The van der Waals surface area contributed by atoms with E-state index in [1.54, 1.807) is 0 Å². The molecule has 8 heteroatoms. The average Bonchev–Trinajstić information content (AvgIpc) is 2.98. The number of rotatable bonds is 10. The smallest absolute Gasteiger partial charge is 0.404 e. The molecule has 1 aliphatic carbocycles. The number of benzene rings is 2. The Hall–Kier alpha value is -2.61. The van der Waals surface area contributed by atoms with Crippen LogP contribution in [0.15, 0.2) is 42.5 Å². The Kier molecular flexibility index (Phi) is 10.5. The minimum absolute atomic E-state index is 0.0212. The third kappa shape index (κ3) is 6.99. The highest BCUT2D eigenvalue weighted by Gasteiger charge is 2.43. The Morgan fingerprint density at radius 3 is 2.58 bits per heavy atom. The number of aryl methyl sites for hydroxylation is 1. The minimum Gasteiger partial charge on any atom is -0.465 e. The van der Waals surface area contributed by atoms with Gasteiger partial charge in [-0.15, -0.1) is 0 Å². The van der Waals surface area contributed by atoms with Crippen molar-refractivity contribution in [3.8, 4) is 11.1 Å². The van der Waals surface area contributed by atoms with Gasteiger partial charge < -0.3 is 26.2 Å². The van der Waals surface area contributed by atoms with Gasteiger partial charge >= 0.3 is 6.09 Å². The van der Waals surface area contributed by atoms with Gasteiger partial charge in [-0.3, -0.25) is 4.79 Å². The quantitative estimate of drug-likeness (QED) is 0.270. The number of hydrogen-bond donors (Lipinski definition) is 4. The van der Waals surface area contributed by atoms with Gasteiger partial charge in [0, 0.05) is 42.1 Å². The van der Waals surface area contributed by atoms with E-state index in [9.17, 15) is 14.7 Å². The SMILES string of the molecule is CCc1cccc(-c2c(Cl)cccc2[C@](O)(CCCNC(=O)O)[C@@H]2CCCN(C(=O)C3CCC(CN)CC3)C2)c1. The van der Waals surface area contributed by atoms with Gasteiger partial charge in [-0.2, -0.15) is 0 Å². The van der Waals surface area contributed by atoms with Crippen LogP contribution < -0.4 is 11.1 Å². The third-order valence-corrected chi connectivity index (χ3v) is 9.37. The average molecular weight is 570 g/mol. The number of nitrogens with zero attached hydrogens (tertiary/aromatic N) is 1. The van der Waals surface area contributed by atoms with E-state index in [4.69, 9.17) is 22.4 Å². The van der Waals surface area contributed by atoms with Crippen molar-refractivity contribution >= 4 is 23.6 Å². The molecular weight excluding hydrogens is 526 g/mol. The topological polar surface area (TPSA) is 116 Å². The molecule has 1 heterocycles. The predicted molar refractivity (Wildman–Crippen MR) is 159 cm³/mol. The number of halogens is 1. The molecule has 1 aliphatic heterocycles. The number of nitrogens with one attached hydrogen (secondary N) is 1.